The smallest absolute Gasteiger partial charge is 0.337 e. The predicted molar refractivity (Wildman–Crippen MR) is 106 cm³/mol. The zero-order chi connectivity index (χ0) is 19.7. The molecule has 144 valence electrons. The molecule has 0 N–H and O–H groups in total. The Labute approximate surface area is 167 Å². The summed E-state index contributed by atoms with van der Waals surface area (Å²) in [5.74, 6) is -0.185. The Balaban J connectivity index is 1.55. The lowest BCUT2D eigenvalue weighted by molar-refractivity contribution is -0.133. The van der Waals surface area contributed by atoms with E-state index in [2.05, 4.69) is 22.6 Å². The van der Waals surface area contributed by atoms with Crippen LogP contribution < -0.4 is 5.69 Å². The number of hydrogen-bond acceptors (Lipinski definition) is 4. The maximum Gasteiger partial charge on any atom is 0.369 e. The van der Waals surface area contributed by atoms with Crippen LogP contribution in [0.2, 0.25) is 5.02 Å². The first-order valence-electron chi connectivity index (χ1n) is 9.17. The molecule has 4 rings (SSSR count). The van der Waals surface area contributed by atoms with Crippen LogP contribution in [0.5, 0.6) is 0 Å². The van der Waals surface area contributed by atoms with Gasteiger partial charge < -0.3 is 4.90 Å². The molecule has 28 heavy (non-hydrogen) atoms. The molecule has 0 saturated heterocycles. The average Bonchev–Trinajstić information content (AvgIpc) is 3.07. The Morgan fingerprint density at radius 2 is 1.93 bits per heavy atom. The van der Waals surface area contributed by atoms with Crippen LogP contribution in [0.3, 0.4) is 0 Å². The SMILES string of the molecule is CN(C(=O)Cn1nnn(-c2ccccc2Cl)c1=O)C1CCCc2ccccc21. The Bertz CT molecular complexity index is 1070. The first kappa shape index (κ1) is 18.4. The number of halogens is 1. The van der Waals surface area contributed by atoms with Crippen LogP contribution in [0, 0.1) is 0 Å². The quantitative estimate of drug-likeness (QED) is 0.678. The molecule has 1 atom stereocenters. The van der Waals surface area contributed by atoms with Gasteiger partial charge in [-0.1, -0.05) is 48.0 Å². The van der Waals surface area contributed by atoms with Crippen LogP contribution in [-0.4, -0.2) is 37.6 Å². The van der Waals surface area contributed by atoms with E-state index in [1.54, 1.807) is 36.2 Å². The second-order valence-electron chi connectivity index (χ2n) is 6.89. The molecule has 8 heteroatoms. The number of carbonyl (C=O) groups excluding carboxylic acids is 1. The van der Waals surface area contributed by atoms with E-state index < -0.39 is 5.69 Å². The van der Waals surface area contributed by atoms with E-state index in [9.17, 15) is 9.59 Å². The van der Waals surface area contributed by atoms with E-state index >= 15 is 0 Å². The minimum absolute atomic E-state index is 0.00626. The zero-order valence-electron chi connectivity index (χ0n) is 15.5. The maximum atomic E-state index is 12.8. The summed E-state index contributed by atoms with van der Waals surface area (Å²) in [5, 5.41) is 8.11. The second-order valence-corrected chi connectivity index (χ2v) is 7.30. The molecule has 0 saturated carbocycles. The molecule has 0 spiro atoms. The lowest BCUT2D eigenvalue weighted by atomic mass is 9.87. The fourth-order valence-electron chi connectivity index (χ4n) is 3.69. The first-order chi connectivity index (χ1) is 13.6. The highest BCUT2D eigenvalue weighted by Crippen LogP contribution is 2.33. The lowest BCUT2D eigenvalue weighted by Gasteiger charge is -2.33. The summed E-state index contributed by atoms with van der Waals surface area (Å²) in [6.45, 7) is -0.168. The molecule has 1 aliphatic carbocycles. The first-order valence-corrected chi connectivity index (χ1v) is 9.55. The van der Waals surface area contributed by atoms with Crippen molar-refractivity contribution in [3.8, 4) is 5.69 Å². The van der Waals surface area contributed by atoms with E-state index in [4.69, 9.17) is 11.6 Å². The molecule has 1 unspecified atom stereocenters. The topological polar surface area (TPSA) is 73.0 Å². The van der Waals surface area contributed by atoms with Crippen molar-refractivity contribution in [1.29, 1.82) is 0 Å². The van der Waals surface area contributed by atoms with E-state index in [0.29, 0.717) is 10.7 Å². The molecule has 3 aromatic rings. The number of hydrogen-bond donors (Lipinski definition) is 0. The highest BCUT2D eigenvalue weighted by molar-refractivity contribution is 6.32. The number of para-hydroxylation sites is 1. The number of carbonyl (C=O) groups is 1. The van der Waals surface area contributed by atoms with Crippen LogP contribution in [0.15, 0.2) is 53.3 Å². The summed E-state index contributed by atoms with van der Waals surface area (Å²) in [7, 11) is 1.78. The molecule has 7 nitrogen and oxygen atoms in total. The van der Waals surface area contributed by atoms with E-state index in [0.717, 1.165) is 28.6 Å². The van der Waals surface area contributed by atoms with Gasteiger partial charge in [-0.25, -0.2) is 4.79 Å². The molecule has 0 bridgehead atoms. The number of likely N-dealkylation sites (N-methyl/N-ethyl adjacent to an activating group) is 1. The largest absolute Gasteiger partial charge is 0.369 e. The third kappa shape index (κ3) is 3.33. The van der Waals surface area contributed by atoms with Gasteiger partial charge in [-0.2, -0.15) is 9.36 Å². The van der Waals surface area contributed by atoms with Gasteiger partial charge >= 0.3 is 5.69 Å². The number of rotatable bonds is 4. The minimum atomic E-state index is -0.501. The zero-order valence-corrected chi connectivity index (χ0v) is 16.2. The summed E-state index contributed by atoms with van der Waals surface area (Å²) in [4.78, 5) is 27.2. The number of aryl methyl sites for hydroxylation is 1. The van der Waals surface area contributed by atoms with Crippen molar-refractivity contribution in [1.82, 2.24) is 24.7 Å². The summed E-state index contributed by atoms with van der Waals surface area (Å²) in [6, 6.07) is 15.1. The molecule has 0 radical (unpaired) electrons. The lowest BCUT2D eigenvalue weighted by Crippen LogP contribution is -2.38. The van der Waals surface area contributed by atoms with Gasteiger partial charge in [-0.15, -0.1) is 0 Å². The molecule has 1 aliphatic rings. The third-order valence-electron chi connectivity index (χ3n) is 5.20. The van der Waals surface area contributed by atoms with Gasteiger partial charge in [-0.05, 0) is 52.9 Å². The van der Waals surface area contributed by atoms with Crippen molar-refractivity contribution in [2.75, 3.05) is 7.05 Å². The summed E-state index contributed by atoms with van der Waals surface area (Å²) in [5.41, 5.74) is 2.39. The monoisotopic (exact) mass is 397 g/mol. The van der Waals surface area contributed by atoms with Crippen molar-refractivity contribution in [2.45, 2.75) is 31.8 Å². The van der Waals surface area contributed by atoms with Crippen molar-refractivity contribution >= 4 is 17.5 Å². The standard InChI is InChI=1S/C20H20ClN5O2/c1-24(17-12-6-8-14-7-2-3-9-15(14)17)19(27)13-25-20(28)26(23-22-25)18-11-5-4-10-16(18)21/h2-5,7,9-11,17H,6,8,12-13H2,1H3. The second kappa shape index (κ2) is 7.59. The van der Waals surface area contributed by atoms with Gasteiger partial charge in [0.1, 0.15) is 6.54 Å². The van der Waals surface area contributed by atoms with Gasteiger partial charge in [0, 0.05) is 7.05 Å². The minimum Gasteiger partial charge on any atom is -0.337 e. The maximum absolute atomic E-state index is 12.8. The van der Waals surface area contributed by atoms with Gasteiger partial charge in [0.2, 0.25) is 5.91 Å². The van der Waals surface area contributed by atoms with Crippen LogP contribution in [0.25, 0.3) is 5.69 Å². The Kier molecular flexibility index (Phi) is 5.00. The highest BCUT2D eigenvalue weighted by Gasteiger charge is 2.27. The van der Waals surface area contributed by atoms with Crippen molar-refractivity contribution in [3.63, 3.8) is 0 Å². The van der Waals surface area contributed by atoms with Gasteiger partial charge in [0.25, 0.3) is 0 Å². The molecule has 2 aromatic carbocycles. The van der Waals surface area contributed by atoms with Crippen LogP contribution in [0.1, 0.15) is 30.0 Å². The van der Waals surface area contributed by atoms with Gasteiger partial charge in [-0.3, -0.25) is 4.79 Å². The van der Waals surface area contributed by atoms with E-state index in [1.165, 1.54) is 11.1 Å². The fraction of sp³-hybridized carbons (Fsp3) is 0.300. The predicted octanol–water partition coefficient (Wildman–Crippen LogP) is 2.62. The Morgan fingerprint density at radius 1 is 1.18 bits per heavy atom. The Morgan fingerprint density at radius 3 is 2.75 bits per heavy atom. The third-order valence-corrected chi connectivity index (χ3v) is 5.52. The van der Waals surface area contributed by atoms with Crippen LogP contribution >= 0.6 is 11.6 Å². The van der Waals surface area contributed by atoms with Crippen LogP contribution in [-0.2, 0) is 17.8 Å². The summed E-state index contributed by atoms with van der Waals surface area (Å²) < 4.78 is 2.17. The normalized spacial score (nSPS) is 15.9. The molecule has 1 amide bonds. The van der Waals surface area contributed by atoms with E-state index in [1.807, 2.05) is 12.1 Å². The summed E-state index contributed by atoms with van der Waals surface area (Å²) in [6.07, 6.45) is 2.96. The molecule has 0 aliphatic heterocycles. The van der Waals surface area contributed by atoms with Gasteiger partial charge in [0.05, 0.1) is 16.8 Å². The van der Waals surface area contributed by atoms with Gasteiger partial charge in [0.15, 0.2) is 0 Å². The fourth-order valence-corrected chi connectivity index (χ4v) is 3.91. The van der Waals surface area contributed by atoms with Crippen LogP contribution in [0.4, 0.5) is 0 Å². The summed E-state index contributed by atoms with van der Waals surface area (Å²) >= 11 is 6.13. The Hall–Kier alpha value is -2.93. The van der Waals surface area contributed by atoms with E-state index in [-0.39, 0.29) is 18.5 Å². The molecule has 1 aromatic heterocycles. The highest BCUT2D eigenvalue weighted by atomic mass is 35.5. The molecular weight excluding hydrogens is 378 g/mol. The number of aromatic nitrogens is 4. The molecular formula is C20H20ClN5O2. The molecule has 0 fully saturated rings. The van der Waals surface area contributed by atoms with Crippen molar-refractivity contribution in [3.05, 3.63) is 75.2 Å². The molecule has 1 heterocycles. The average molecular weight is 398 g/mol. The number of benzene rings is 2. The number of tetrazole rings is 1. The number of nitrogens with zero attached hydrogens (tertiary/aromatic N) is 5. The number of amides is 1. The van der Waals surface area contributed by atoms with Crippen molar-refractivity contribution in [2.24, 2.45) is 0 Å². The van der Waals surface area contributed by atoms with Crippen molar-refractivity contribution < 1.29 is 4.79 Å². The number of fused-ring (bicyclic) bond motifs is 1.